The SMILES string of the molecule is CCc1cccc2c1=CCCC=2C1=c2ccccc2=C(C2=CC(C3C=CC(C4C=CC=CC4)=NC3)=CCC2)C2C=CC=CC12. The maximum absolute atomic E-state index is 5.08. The molecule has 0 amide bonds. The first kappa shape index (κ1) is 27.3. The van der Waals surface area contributed by atoms with Crippen LogP contribution in [0.25, 0.3) is 22.8 Å². The Bertz CT molecular complexity index is 2020. The molecule has 1 heterocycles. The second-order valence-electron chi connectivity index (χ2n) is 12.9. The monoisotopic (exact) mass is 571 g/mol. The number of aliphatic imine (C=N–C) groups is 1. The molecule has 8 rings (SSSR count). The van der Waals surface area contributed by atoms with Gasteiger partial charge in [-0.15, -0.1) is 0 Å². The van der Waals surface area contributed by atoms with Crippen molar-refractivity contribution in [3.8, 4) is 0 Å². The molecule has 0 N–H and O–H groups in total. The molecule has 0 aromatic heterocycles. The summed E-state index contributed by atoms with van der Waals surface area (Å²) in [6.07, 6.45) is 37.1. The standard InChI is InChI=1S/C43H41N/c1-2-29-15-11-23-35-34(29)22-12-24-36(35)43-39-20-8-6-18-37(39)42(38-19-7-9-21-40(38)43)32-17-10-16-31(27-32)33-25-26-41(44-28-33)30-13-4-3-5-14-30/h3-9,11,13,15-16,18-23,25-27,30,33,37,39H,2,10,12,14,17,24,28H2,1H3. The molecule has 0 saturated carbocycles. The average Bonchev–Trinajstić information content (AvgIpc) is 3.10. The highest BCUT2D eigenvalue weighted by atomic mass is 14.8. The lowest BCUT2D eigenvalue weighted by atomic mass is 9.67. The number of fused-ring (bicyclic) bond motifs is 3. The molecular weight excluding hydrogens is 530 g/mol. The van der Waals surface area contributed by atoms with Crippen LogP contribution in [-0.2, 0) is 6.42 Å². The van der Waals surface area contributed by atoms with Crippen molar-refractivity contribution in [3.63, 3.8) is 0 Å². The van der Waals surface area contributed by atoms with Gasteiger partial charge in [-0.25, -0.2) is 0 Å². The maximum Gasteiger partial charge on any atom is 0.0496 e. The predicted octanol–water partition coefficient (Wildman–Crippen LogP) is 6.75. The van der Waals surface area contributed by atoms with Gasteiger partial charge in [0, 0.05) is 35.9 Å². The van der Waals surface area contributed by atoms with E-state index < -0.39 is 0 Å². The maximum atomic E-state index is 5.08. The van der Waals surface area contributed by atoms with Gasteiger partial charge in [-0.2, -0.15) is 0 Å². The predicted molar refractivity (Wildman–Crippen MR) is 187 cm³/mol. The van der Waals surface area contributed by atoms with E-state index in [0.29, 0.717) is 23.7 Å². The van der Waals surface area contributed by atoms with Gasteiger partial charge in [0.05, 0.1) is 0 Å². The molecule has 0 bridgehead atoms. The van der Waals surface area contributed by atoms with E-state index in [1.54, 1.807) is 11.1 Å². The van der Waals surface area contributed by atoms with Gasteiger partial charge < -0.3 is 0 Å². The Morgan fingerprint density at radius 2 is 1.50 bits per heavy atom. The normalized spacial score (nSPS) is 26.8. The quantitative estimate of drug-likeness (QED) is 0.376. The van der Waals surface area contributed by atoms with Gasteiger partial charge in [-0.05, 0) is 98.9 Å². The summed E-state index contributed by atoms with van der Waals surface area (Å²) in [7, 11) is 0. The van der Waals surface area contributed by atoms with E-state index in [1.807, 2.05) is 0 Å². The van der Waals surface area contributed by atoms with E-state index in [0.717, 1.165) is 45.1 Å². The van der Waals surface area contributed by atoms with Crippen molar-refractivity contribution < 1.29 is 0 Å². The lowest BCUT2D eigenvalue weighted by Crippen LogP contribution is -2.43. The largest absolute Gasteiger partial charge is 0.288 e. The minimum absolute atomic E-state index is 0.351. The zero-order chi connectivity index (χ0) is 29.5. The number of benzene rings is 2. The Morgan fingerprint density at radius 1 is 0.727 bits per heavy atom. The molecule has 5 aliphatic carbocycles. The topological polar surface area (TPSA) is 12.4 Å². The van der Waals surface area contributed by atoms with Gasteiger partial charge in [0.1, 0.15) is 0 Å². The smallest absolute Gasteiger partial charge is 0.0496 e. The zero-order valence-electron chi connectivity index (χ0n) is 25.8. The van der Waals surface area contributed by atoms with Crippen LogP contribution in [0.3, 0.4) is 0 Å². The number of hydrogen-bond donors (Lipinski definition) is 0. The molecule has 0 spiro atoms. The van der Waals surface area contributed by atoms with E-state index in [4.69, 9.17) is 4.99 Å². The Kier molecular flexibility index (Phi) is 7.26. The van der Waals surface area contributed by atoms with Crippen LogP contribution in [0.5, 0.6) is 0 Å². The average molecular weight is 572 g/mol. The highest BCUT2D eigenvalue weighted by Gasteiger charge is 2.34. The fourth-order valence-electron chi connectivity index (χ4n) is 8.41. The molecule has 44 heavy (non-hydrogen) atoms. The van der Waals surface area contributed by atoms with Crippen LogP contribution >= 0.6 is 0 Å². The van der Waals surface area contributed by atoms with Crippen LogP contribution in [-0.4, -0.2) is 12.3 Å². The molecule has 218 valence electrons. The molecule has 0 fully saturated rings. The number of allylic oxidation sites excluding steroid dienone is 12. The minimum Gasteiger partial charge on any atom is -0.288 e. The van der Waals surface area contributed by atoms with Gasteiger partial charge >= 0.3 is 0 Å². The van der Waals surface area contributed by atoms with Gasteiger partial charge in [0.15, 0.2) is 0 Å². The summed E-state index contributed by atoms with van der Waals surface area (Å²) >= 11 is 0. The summed E-state index contributed by atoms with van der Waals surface area (Å²) in [5.41, 5.74) is 10.3. The van der Waals surface area contributed by atoms with Crippen molar-refractivity contribution in [2.45, 2.75) is 45.4 Å². The number of hydrogen-bond acceptors (Lipinski definition) is 1. The molecule has 4 atom stereocenters. The third kappa shape index (κ3) is 4.74. The van der Waals surface area contributed by atoms with Gasteiger partial charge in [-0.1, -0.05) is 122 Å². The first-order valence-corrected chi connectivity index (χ1v) is 16.8. The lowest BCUT2D eigenvalue weighted by Gasteiger charge is -2.36. The summed E-state index contributed by atoms with van der Waals surface area (Å²) in [6.45, 7) is 3.13. The van der Waals surface area contributed by atoms with Gasteiger partial charge in [-0.3, -0.25) is 4.99 Å². The van der Waals surface area contributed by atoms with E-state index in [2.05, 4.69) is 128 Å². The van der Waals surface area contributed by atoms with Gasteiger partial charge in [0.25, 0.3) is 0 Å². The van der Waals surface area contributed by atoms with Crippen LogP contribution in [0, 0.1) is 23.7 Å². The number of rotatable bonds is 5. The Hall–Kier alpha value is -4.23. The molecule has 4 unspecified atom stereocenters. The van der Waals surface area contributed by atoms with Crippen molar-refractivity contribution in [1.82, 2.24) is 0 Å². The first-order chi connectivity index (χ1) is 21.8. The van der Waals surface area contributed by atoms with E-state index in [9.17, 15) is 0 Å². The summed E-state index contributed by atoms with van der Waals surface area (Å²) in [5.74, 6) is 1.48. The third-order valence-electron chi connectivity index (χ3n) is 10.5. The van der Waals surface area contributed by atoms with Gasteiger partial charge in [0.2, 0.25) is 0 Å². The van der Waals surface area contributed by atoms with Crippen LogP contribution < -0.4 is 20.9 Å². The fourth-order valence-corrected chi connectivity index (χ4v) is 8.41. The van der Waals surface area contributed by atoms with E-state index in [1.165, 1.54) is 48.9 Å². The van der Waals surface area contributed by atoms with Crippen LogP contribution in [0.2, 0.25) is 0 Å². The second kappa shape index (κ2) is 11.7. The molecule has 1 heteroatoms. The van der Waals surface area contributed by atoms with E-state index in [-0.39, 0.29) is 0 Å². The molecule has 1 aliphatic heterocycles. The molecule has 6 aliphatic rings. The fraction of sp³-hybridized carbons (Fsp3) is 0.279. The van der Waals surface area contributed by atoms with E-state index >= 15 is 0 Å². The highest BCUT2D eigenvalue weighted by Crippen LogP contribution is 2.44. The Labute approximate surface area is 261 Å². The summed E-state index contributed by atoms with van der Waals surface area (Å²) in [4.78, 5) is 5.08. The van der Waals surface area contributed by atoms with Crippen LogP contribution in [0.15, 0.2) is 132 Å². The van der Waals surface area contributed by atoms with Crippen LogP contribution in [0.4, 0.5) is 0 Å². The van der Waals surface area contributed by atoms with Crippen molar-refractivity contribution >= 4 is 28.5 Å². The molecule has 2 aromatic carbocycles. The summed E-state index contributed by atoms with van der Waals surface area (Å²) < 4.78 is 0. The van der Waals surface area contributed by atoms with Crippen molar-refractivity contribution in [1.29, 1.82) is 0 Å². The summed E-state index contributed by atoms with van der Waals surface area (Å²) in [5, 5.41) is 5.79. The Balaban J connectivity index is 1.26. The lowest BCUT2D eigenvalue weighted by molar-refractivity contribution is 0.678. The number of dihydropyridines is 1. The second-order valence-corrected chi connectivity index (χ2v) is 12.9. The molecule has 0 radical (unpaired) electrons. The highest BCUT2D eigenvalue weighted by molar-refractivity contribution is 5.99. The Morgan fingerprint density at radius 3 is 2.27 bits per heavy atom. The zero-order valence-corrected chi connectivity index (χ0v) is 25.8. The number of aryl methyl sites for hydroxylation is 1. The number of nitrogens with zero attached hydrogens (tertiary/aromatic N) is 1. The minimum atomic E-state index is 0.351. The molecular formula is C43H41N. The van der Waals surface area contributed by atoms with Crippen molar-refractivity contribution in [2.75, 3.05) is 6.54 Å². The molecule has 0 saturated heterocycles. The molecule has 2 aromatic rings. The van der Waals surface area contributed by atoms with Crippen LogP contribution in [0.1, 0.15) is 44.6 Å². The van der Waals surface area contributed by atoms with Crippen molar-refractivity contribution in [2.24, 2.45) is 28.7 Å². The first-order valence-electron chi connectivity index (χ1n) is 16.8. The third-order valence-corrected chi connectivity index (χ3v) is 10.5. The molecule has 1 nitrogen and oxygen atoms in total. The summed E-state index contributed by atoms with van der Waals surface area (Å²) in [6, 6.07) is 16.3. The van der Waals surface area contributed by atoms with Crippen molar-refractivity contribution in [3.05, 3.63) is 153 Å².